The molecule has 196 valence electrons. The first-order chi connectivity index (χ1) is 17.8. The van der Waals surface area contributed by atoms with Gasteiger partial charge in [-0.25, -0.2) is 8.42 Å². The maximum Gasteiger partial charge on any atom is 0.243 e. The standard InChI is InChI=1S/C28H32N2O5S2/c1-20-6-10-24(11-7-20)37(32,33)29(17-21-8-9-21)18-28(31)30-14-12-27-25(13-15-36-27)26(30)19-35-23-5-3-4-22(16-23)34-2/h3-7,10-11,13,15-16,21,26H,8-9,12,14,17-19H2,1-2H3/t26-/m1/s1. The van der Waals surface area contributed by atoms with Crippen LogP contribution in [0.1, 0.15) is 34.9 Å². The molecule has 2 aliphatic rings. The van der Waals surface area contributed by atoms with E-state index in [4.69, 9.17) is 9.47 Å². The lowest BCUT2D eigenvalue weighted by Gasteiger charge is -2.37. The third-order valence-corrected chi connectivity index (χ3v) is 9.82. The monoisotopic (exact) mass is 540 g/mol. The summed E-state index contributed by atoms with van der Waals surface area (Å²) >= 11 is 1.68. The molecule has 3 aromatic rings. The fraction of sp³-hybridized carbons (Fsp3) is 0.393. The number of amides is 1. The molecular weight excluding hydrogens is 508 g/mol. The molecular formula is C28H32N2O5S2. The highest BCUT2D eigenvalue weighted by molar-refractivity contribution is 7.89. The van der Waals surface area contributed by atoms with Gasteiger partial charge in [-0.15, -0.1) is 11.3 Å². The van der Waals surface area contributed by atoms with Crippen molar-refractivity contribution >= 4 is 27.3 Å². The Morgan fingerprint density at radius 2 is 1.86 bits per heavy atom. The van der Waals surface area contributed by atoms with Gasteiger partial charge in [0.15, 0.2) is 0 Å². The number of methoxy groups -OCH3 is 1. The molecule has 1 fully saturated rings. The van der Waals surface area contributed by atoms with Gasteiger partial charge in [0.1, 0.15) is 18.1 Å². The summed E-state index contributed by atoms with van der Waals surface area (Å²) in [6.07, 6.45) is 2.74. The lowest BCUT2D eigenvalue weighted by atomic mass is 10.0. The molecule has 1 amide bonds. The first kappa shape index (κ1) is 25.8. The Bertz CT molecular complexity index is 1350. The summed E-state index contributed by atoms with van der Waals surface area (Å²) in [7, 11) is -2.19. The van der Waals surface area contributed by atoms with Gasteiger partial charge in [-0.3, -0.25) is 4.79 Å². The van der Waals surface area contributed by atoms with Crippen molar-refractivity contribution in [3.8, 4) is 11.5 Å². The zero-order chi connectivity index (χ0) is 26.0. The normalized spacial score (nSPS) is 17.5. The van der Waals surface area contributed by atoms with E-state index in [9.17, 15) is 13.2 Å². The van der Waals surface area contributed by atoms with E-state index in [0.29, 0.717) is 30.5 Å². The lowest BCUT2D eigenvalue weighted by Crippen LogP contribution is -2.48. The number of carbonyl (C=O) groups is 1. The van der Waals surface area contributed by atoms with E-state index in [2.05, 4.69) is 0 Å². The molecule has 0 spiro atoms. The van der Waals surface area contributed by atoms with Crippen LogP contribution in [-0.2, 0) is 21.2 Å². The maximum absolute atomic E-state index is 13.7. The number of fused-ring (bicyclic) bond motifs is 1. The molecule has 1 aliphatic heterocycles. The summed E-state index contributed by atoms with van der Waals surface area (Å²) in [6, 6.07) is 16.0. The summed E-state index contributed by atoms with van der Waals surface area (Å²) in [6.45, 7) is 2.91. The average Bonchev–Trinajstić information content (AvgIpc) is 3.59. The molecule has 1 aromatic heterocycles. The van der Waals surface area contributed by atoms with E-state index in [-0.39, 0.29) is 30.0 Å². The van der Waals surface area contributed by atoms with E-state index in [1.807, 2.05) is 42.6 Å². The van der Waals surface area contributed by atoms with Crippen LogP contribution in [-0.4, -0.2) is 56.9 Å². The topological polar surface area (TPSA) is 76.2 Å². The minimum atomic E-state index is -3.79. The summed E-state index contributed by atoms with van der Waals surface area (Å²) in [5.74, 6) is 1.46. The van der Waals surface area contributed by atoms with Crippen molar-refractivity contribution in [3.63, 3.8) is 0 Å². The smallest absolute Gasteiger partial charge is 0.243 e. The summed E-state index contributed by atoms with van der Waals surface area (Å²) in [5, 5.41) is 2.04. The van der Waals surface area contributed by atoms with Crippen LogP contribution in [0, 0.1) is 12.8 Å². The fourth-order valence-corrected chi connectivity index (χ4v) is 7.07. The van der Waals surface area contributed by atoms with Crippen LogP contribution < -0.4 is 9.47 Å². The zero-order valence-corrected chi connectivity index (χ0v) is 22.8. The van der Waals surface area contributed by atoms with Crippen molar-refractivity contribution in [2.24, 2.45) is 5.92 Å². The molecule has 1 saturated carbocycles. The number of carbonyl (C=O) groups excluding carboxylic acids is 1. The first-order valence-corrected chi connectivity index (χ1v) is 14.9. The third kappa shape index (κ3) is 5.84. The molecule has 5 rings (SSSR count). The van der Waals surface area contributed by atoms with Crippen LogP contribution in [0.5, 0.6) is 11.5 Å². The minimum Gasteiger partial charge on any atom is -0.497 e. The number of benzene rings is 2. The lowest BCUT2D eigenvalue weighted by molar-refractivity contribution is -0.135. The Morgan fingerprint density at radius 3 is 2.59 bits per heavy atom. The largest absolute Gasteiger partial charge is 0.497 e. The quantitative estimate of drug-likeness (QED) is 0.374. The van der Waals surface area contributed by atoms with E-state index in [1.165, 1.54) is 9.18 Å². The number of sulfonamides is 1. The van der Waals surface area contributed by atoms with Gasteiger partial charge in [-0.05, 0) is 73.4 Å². The molecule has 9 heteroatoms. The Morgan fingerprint density at radius 1 is 1.11 bits per heavy atom. The van der Waals surface area contributed by atoms with Crippen LogP contribution in [0.25, 0.3) is 0 Å². The highest BCUT2D eigenvalue weighted by atomic mass is 32.2. The number of hydrogen-bond acceptors (Lipinski definition) is 6. The molecule has 7 nitrogen and oxygen atoms in total. The van der Waals surface area contributed by atoms with Gasteiger partial charge in [-0.2, -0.15) is 4.31 Å². The number of ether oxygens (including phenoxy) is 2. The molecule has 0 bridgehead atoms. The van der Waals surface area contributed by atoms with Crippen molar-refractivity contribution < 1.29 is 22.7 Å². The second-order valence-corrected chi connectivity index (χ2v) is 12.6. The first-order valence-electron chi connectivity index (χ1n) is 12.5. The number of thiophene rings is 1. The Balaban J connectivity index is 1.37. The van der Waals surface area contributed by atoms with E-state index < -0.39 is 10.0 Å². The second-order valence-electron chi connectivity index (χ2n) is 9.70. The predicted molar refractivity (Wildman–Crippen MR) is 144 cm³/mol. The van der Waals surface area contributed by atoms with Crippen molar-refractivity contribution in [3.05, 3.63) is 76.0 Å². The Hall–Kier alpha value is -2.88. The van der Waals surface area contributed by atoms with Crippen LogP contribution in [0.4, 0.5) is 0 Å². The van der Waals surface area contributed by atoms with Gasteiger partial charge in [0.25, 0.3) is 0 Å². The summed E-state index contributed by atoms with van der Waals surface area (Å²) in [4.78, 5) is 17.0. The van der Waals surface area contributed by atoms with E-state index in [0.717, 1.165) is 30.4 Å². The van der Waals surface area contributed by atoms with Crippen molar-refractivity contribution in [1.29, 1.82) is 0 Å². The van der Waals surface area contributed by atoms with Crippen molar-refractivity contribution in [2.75, 3.05) is 33.4 Å². The van der Waals surface area contributed by atoms with Crippen LogP contribution >= 0.6 is 11.3 Å². The van der Waals surface area contributed by atoms with Gasteiger partial charge >= 0.3 is 0 Å². The average molecular weight is 541 g/mol. The van der Waals surface area contributed by atoms with Crippen LogP contribution in [0.2, 0.25) is 0 Å². The molecule has 1 atom stereocenters. The third-order valence-electron chi connectivity index (χ3n) is 6.99. The number of nitrogens with zero attached hydrogens (tertiary/aromatic N) is 2. The molecule has 2 heterocycles. The van der Waals surface area contributed by atoms with Gasteiger partial charge < -0.3 is 14.4 Å². The molecule has 37 heavy (non-hydrogen) atoms. The molecule has 0 N–H and O–H groups in total. The Kier molecular flexibility index (Phi) is 7.55. The van der Waals surface area contributed by atoms with Gasteiger partial charge in [0, 0.05) is 24.0 Å². The SMILES string of the molecule is COc1cccc(OC[C@@H]2c3ccsc3CCN2C(=O)CN(CC2CC2)S(=O)(=O)c2ccc(C)cc2)c1. The molecule has 0 unspecified atom stereocenters. The van der Waals surface area contributed by atoms with Crippen molar-refractivity contribution in [1.82, 2.24) is 9.21 Å². The minimum absolute atomic E-state index is 0.179. The van der Waals surface area contributed by atoms with E-state index in [1.54, 1.807) is 47.6 Å². The highest BCUT2D eigenvalue weighted by Crippen LogP contribution is 2.35. The zero-order valence-electron chi connectivity index (χ0n) is 21.1. The number of aryl methyl sites for hydroxylation is 1. The predicted octanol–water partition coefficient (Wildman–Crippen LogP) is 4.67. The summed E-state index contributed by atoms with van der Waals surface area (Å²) < 4.78 is 39.9. The fourth-order valence-electron chi connectivity index (χ4n) is 4.68. The van der Waals surface area contributed by atoms with Crippen molar-refractivity contribution in [2.45, 2.75) is 37.1 Å². The molecule has 0 saturated heterocycles. The second kappa shape index (κ2) is 10.8. The van der Waals surface area contributed by atoms with Crippen LogP contribution in [0.3, 0.4) is 0 Å². The Labute approximate surface area is 222 Å². The van der Waals surface area contributed by atoms with Gasteiger partial charge in [-0.1, -0.05) is 23.8 Å². The summed E-state index contributed by atoms with van der Waals surface area (Å²) in [5.41, 5.74) is 2.06. The number of hydrogen-bond donors (Lipinski definition) is 0. The molecule has 2 aromatic carbocycles. The van der Waals surface area contributed by atoms with Gasteiger partial charge in [0.05, 0.1) is 24.6 Å². The molecule has 0 radical (unpaired) electrons. The van der Waals surface area contributed by atoms with Gasteiger partial charge in [0.2, 0.25) is 15.9 Å². The highest BCUT2D eigenvalue weighted by Gasteiger charge is 2.37. The molecule has 1 aliphatic carbocycles. The number of rotatable bonds is 10. The van der Waals surface area contributed by atoms with Crippen LogP contribution in [0.15, 0.2) is 64.9 Å². The maximum atomic E-state index is 13.7. The van der Waals surface area contributed by atoms with E-state index >= 15 is 0 Å².